The van der Waals surface area contributed by atoms with Crippen molar-refractivity contribution in [2.75, 3.05) is 137 Å². The second-order valence-electron chi connectivity index (χ2n) is 23.8. The first-order valence-corrected chi connectivity index (χ1v) is 32.8. The Balaban J connectivity index is 1.03. The van der Waals surface area contributed by atoms with E-state index in [9.17, 15) is 58.8 Å². The minimum atomic E-state index is -0.679. The maximum absolute atomic E-state index is 15.0. The SMILES string of the molecule is Cc1nnc(-c2ccc(CNC(=O)CCCCCN3CCN4CCNC(=O)c5cccc(c5O)C(=O)NCCN(CCNC(=O)c5cccc(c5O)C3=O)CCN3CCNC(=O)c5cccc(c5O)C(=O)NCCN(CCNC(=O)c5cccc(c5O)C(=O)NCC3)CC4)cc2)nn1. The number of aromatic nitrogens is 4. The second kappa shape index (κ2) is 35.3. The molecule has 1 aromatic heterocycles. The third kappa shape index (κ3) is 19.7. The zero-order valence-electron chi connectivity index (χ0n) is 54.6. The van der Waals surface area contributed by atoms with Crippen LogP contribution in [-0.4, -0.2) is 256 Å². The summed E-state index contributed by atoms with van der Waals surface area (Å²) in [6.45, 7) is 4.18. The van der Waals surface area contributed by atoms with Gasteiger partial charge in [0.05, 0.1) is 44.5 Å². The van der Waals surface area contributed by atoms with Crippen LogP contribution < -0.4 is 42.5 Å². The molecule has 518 valence electrons. The monoisotopic (exact) mass is 1350 g/mol. The lowest BCUT2D eigenvalue weighted by atomic mass is 10.1. The Morgan fingerprint density at radius 3 is 1.04 bits per heavy atom. The molecule has 2 atom stereocenters. The molecule has 2 unspecified atom stereocenters. The van der Waals surface area contributed by atoms with Crippen LogP contribution in [0.15, 0.2) is 97.1 Å². The molecule has 12 N–H and O–H groups in total. The molecule has 6 aromatic rings. The summed E-state index contributed by atoms with van der Waals surface area (Å²) in [5, 5.41) is 85.2. The number of aromatic hydroxyl groups is 4. The van der Waals surface area contributed by atoms with Gasteiger partial charge < -0.3 is 67.9 Å². The summed E-state index contributed by atoms with van der Waals surface area (Å²) in [4.78, 5) is 135. The molecule has 30 nitrogen and oxygen atoms in total. The van der Waals surface area contributed by atoms with Crippen LogP contribution in [0.4, 0.5) is 0 Å². The van der Waals surface area contributed by atoms with Crippen molar-refractivity contribution < 1.29 is 63.6 Å². The van der Waals surface area contributed by atoms with Gasteiger partial charge in [0.25, 0.3) is 47.3 Å². The van der Waals surface area contributed by atoms with Crippen LogP contribution in [0.5, 0.6) is 23.0 Å². The van der Waals surface area contributed by atoms with E-state index in [0.29, 0.717) is 30.9 Å². The van der Waals surface area contributed by atoms with Gasteiger partial charge in [0.1, 0.15) is 23.0 Å². The fourth-order valence-electron chi connectivity index (χ4n) is 11.5. The number of phenolic OH excluding ortho intramolecular Hbond substituents is 4. The number of nitrogens with zero attached hydrogens (tertiary/aromatic N) is 9. The maximum atomic E-state index is 15.0. The second-order valence-corrected chi connectivity index (χ2v) is 23.8. The van der Waals surface area contributed by atoms with Crippen LogP contribution >= 0.6 is 0 Å². The number of carbonyl (C=O) groups is 9. The first-order chi connectivity index (χ1) is 47.4. The Morgan fingerprint density at radius 1 is 0.388 bits per heavy atom. The van der Waals surface area contributed by atoms with Gasteiger partial charge >= 0.3 is 0 Å². The molecule has 0 fully saturated rings. The van der Waals surface area contributed by atoms with E-state index in [1.807, 2.05) is 43.9 Å². The minimum Gasteiger partial charge on any atom is -0.506 e. The van der Waals surface area contributed by atoms with E-state index in [2.05, 4.69) is 62.9 Å². The predicted molar refractivity (Wildman–Crippen MR) is 359 cm³/mol. The van der Waals surface area contributed by atoms with Crippen molar-refractivity contribution >= 4 is 53.2 Å². The van der Waals surface area contributed by atoms with Crippen molar-refractivity contribution in [1.29, 1.82) is 0 Å². The first-order valence-electron chi connectivity index (χ1n) is 32.8. The molecule has 12 bridgehead atoms. The summed E-state index contributed by atoms with van der Waals surface area (Å²) >= 11 is 0. The van der Waals surface area contributed by atoms with Crippen molar-refractivity contribution in [3.63, 3.8) is 0 Å². The van der Waals surface area contributed by atoms with Crippen molar-refractivity contribution in [3.05, 3.63) is 153 Å². The van der Waals surface area contributed by atoms with Crippen LogP contribution in [0.2, 0.25) is 0 Å². The molecule has 0 saturated heterocycles. The molecule has 4 aliphatic rings. The summed E-state index contributed by atoms with van der Waals surface area (Å²) in [6, 6.07) is 24.4. The summed E-state index contributed by atoms with van der Waals surface area (Å²) in [5.74, 6) is -6.82. The Morgan fingerprint density at radius 2 is 0.694 bits per heavy atom. The Hall–Kier alpha value is -10.7. The Bertz CT molecular complexity index is 3750. The van der Waals surface area contributed by atoms with E-state index in [1.54, 1.807) is 11.8 Å². The fraction of sp³-hybridized carbons (Fsp3) is 0.397. The lowest BCUT2D eigenvalue weighted by molar-refractivity contribution is -0.121. The molecule has 98 heavy (non-hydrogen) atoms. The van der Waals surface area contributed by atoms with E-state index >= 15 is 4.79 Å². The molecule has 9 amide bonds. The lowest BCUT2D eigenvalue weighted by Gasteiger charge is -2.31. The molecule has 0 radical (unpaired) electrons. The molecular formula is C68H83N17O13. The summed E-state index contributed by atoms with van der Waals surface area (Å²) in [7, 11) is 0. The normalized spacial score (nSPS) is 19.6. The average Bonchev–Trinajstić information content (AvgIpc) is 0.994. The molecule has 30 heteroatoms. The summed E-state index contributed by atoms with van der Waals surface area (Å²) in [6.07, 6.45) is 1.60. The number of carbonyl (C=O) groups excluding carboxylic acids is 9. The zero-order chi connectivity index (χ0) is 69.5. The van der Waals surface area contributed by atoms with Gasteiger partial charge in [-0.25, -0.2) is 0 Å². The topological polar surface area (TPSA) is 399 Å². The quantitative estimate of drug-likeness (QED) is 0.0893. The van der Waals surface area contributed by atoms with Gasteiger partial charge in [0.15, 0.2) is 5.82 Å². The zero-order valence-corrected chi connectivity index (χ0v) is 54.6. The van der Waals surface area contributed by atoms with E-state index in [-0.39, 0.29) is 201 Å². The van der Waals surface area contributed by atoms with E-state index < -0.39 is 70.3 Å². The van der Waals surface area contributed by atoms with Crippen LogP contribution in [-0.2, 0) is 11.3 Å². The van der Waals surface area contributed by atoms with Gasteiger partial charge in [0, 0.05) is 156 Å². The largest absolute Gasteiger partial charge is 0.506 e. The van der Waals surface area contributed by atoms with Crippen molar-refractivity contribution in [3.8, 4) is 34.4 Å². The molecule has 10 rings (SSSR count). The van der Waals surface area contributed by atoms with Gasteiger partial charge in [0.2, 0.25) is 11.7 Å². The van der Waals surface area contributed by atoms with Gasteiger partial charge in [-0.15, -0.1) is 20.4 Å². The summed E-state index contributed by atoms with van der Waals surface area (Å²) < 4.78 is 0. The number of nitrogens with one attached hydrogen (secondary N) is 8. The molecule has 4 aliphatic heterocycles. The van der Waals surface area contributed by atoms with Crippen LogP contribution in [0.1, 0.15) is 120 Å². The smallest absolute Gasteiger partial charge is 0.257 e. The number of benzene rings is 5. The lowest BCUT2D eigenvalue weighted by Crippen LogP contribution is -2.46. The first kappa shape index (κ1) is 71.6. The molecule has 0 aliphatic carbocycles. The number of phenols is 4. The molecule has 0 saturated carbocycles. The van der Waals surface area contributed by atoms with Gasteiger partial charge in [-0.05, 0) is 73.9 Å². The van der Waals surface area contributed by atoms with Gasteiger partial charge in [-0.3, -0.25) is 62.8 Å². The van der Waals surface area contributed by atoms with Crippen LogP contribution in [0, 0.1) is 6.92 Å². The summed E-state index contributed by atoms with van der Waals surface area (Å²) in [5.41, 5.74) is 0.323. The molecule has 5 aromatic carbocycles. The number of fused-ring (bicyclic) bond motifs is 16. The number of para-hydroxylation sites is 4. The van der Waals surface area contributed by atoms with Crippen molar-refractivity contribution in [2.24, 2.45) is 0 Å². The predicted octanol–water partition coefficient (Wildman–Crippen LogP) is 0.841. The molecule has 5 heterocycles. The molecular weight excluding hydrogens is 1260 g/mol. The van der Waals surface area contributed by atoms with Gasteiger partial charge in [-0.1, -0.05) is 55.0 Å². The third-order valence-corrected chi connectivity index (χ3v) is 17.1. The highest BCUT2D eigenvalue weighted by Crippen LogP contribution is 2.27. The standard InChI is InChI=1S/C68H83N17O13/c1-44-77-79-60(80-78-44)46-20-18-45(19-21-46)43-76-55(86)17-3-2-4-29-85-42-41-84-36-28-75-66(96)52-14-7-13-51(58(52)89)63(93)71-24-32-82(33-27-74-67(97)53-15-8-16-54(59(53)90)68(85)98)38-37-81-30-22-69-61(91)47-9-5-11-49(56(47)87)64(94)72-25-34-83(39-40-84)35-26-73-65(95)50-12-6-10-48(57(50)88)62(92)70-23-31-81/h5-16,18-21,87-90H,2-4,17,22-43H2,1H3,(H,69,91)(H,70,92)(H,71,93)(H,72,94)(H,73,95)(H,74,97)(H,75,96)(H,76,86). The highest BCUT2D eigenvalue weighted by Gasteiger charge is 2.27. The van der Waals surface area contributed by atoms with Crippen LogP contribution in [0.25, 0.3) is 11.4 Å². The van der Waals surface area contributed by atoms with E-state index in [1.165, 1.54) is 72.8 Å². The number of aryl methyl sites for hydroxylation is 1. The highest BCUT2D eigenvalue weighted by atomic mass is 16.3. The Labute approximate surface area is 565 Å². The fourth-order valence-corrected chi connectivity index (χ4v) is 11.5. The maximum Gasteiger partial charge on any atom is 0.257 e. The highest BCUT2D eigenvalue weighted by molar-refractivity contribution is 6.06. The average molecular weight is 1350 g/mol. The van der Waals surface area contributed by atoms with Crippen molar-refractivity contribution in [1.82, 2.24) is 87.4 Å². The number of amides is 9. The van der Waals surface area contributed by atoms with Crippen LogP contribution in [0.3, 0.4) is 0 Å². The number of unbranched alkanes of at least 4 members (excludes halogenated alkanes) is 2. The number of hydrogen-bond acceptors (Lipinski definition) is 21. The molecule has 0 spiro atoms. The van der Waals surface area contributed by atoms with Crippen molar-refractivity contribution in [2.45, 2.75) is 39.2 Å². The van der Waals surface area contributed by atoms with E-state index in [0.717, 1.165) is 11.1 Å². The third-order valence-electron chi connectivity index (χ3n) is 17.1. The number of hydrogen-bond donors (Lipinski definition) is 12. The van der Waals surface area contributed by atoms with Gasteiger partial charge in [-0.2, -0.15) is 0 Å². The van der Waals surface area contributed by atoms with E-state index in [4.69, 9.17) is 0 Å². The minimum absolute atomic E-state index is 0.000403. The Kier molecular flexibility index (Phi) is 25.8. The number of rotatable bonds is 9.